The number of rotatable bonds is 5. The second kappa shape index (κ2) is 10.6. The molecule has 0 unspecified atom stereocenters. The number of alkyl halides is 3. The number of benzene rings is 3. The Kier molecular flexibility index (Phi) is 7.04. The quantitative estimate of drug-likeness (QED) is 0.229. The van der Waals surface area contributed by atoms with Crippen LogP contribution in [0.2, 0.25) is 0 Å². The maximum Gasteiger partial charge on any atom is 0.417 e. The van der Waals surface area contributed by atoms with E-state index in [4.69, 9.17) is 5.26 Å². The van der Waals surface area contributed by atoms with Crippen LogP contribution in [-0.2, 0) is 6.18 Å². The van der Waals surface area contributed by atoms with Crippen molar-refractivity contribution in [3.05, 3.63) is 88.9 Å². The van der Waals surface area contributed by atoms with Crippen molar-refractivity contribution in [1.82, 2.24) is 9.97 Å². The van der Waals surface area contributed by atoms with Crippen LogP contribution >= 0.6 is 0 Å². The van der Waals surface area contributed by atoms with E-state index in [1.807, 2.05) is 0 Å². The van der Waals surface area contributed by atoms with Crippen LogP contribution in [0.1, 0.15) is 39.9 Å². The van der Waals surface area contributed by atoms with Crippen molar-refractivity contribution in [3.8, 4) is 6.07 Å². The van der Waals surface area contributed by atoms with E-state index in [-0.39, 0.29) is 22.5 Å². The minimum atomic E-state index is -4.79. The van der Waals surface area contributed by atoms with Gasteiger partial charge in [0.2, 0.25) is 0 Å². The number of nitrogens with zero attached hydrogens (tertiary/aromatic N) is 4. The van der Waals surface area contributed by atoms with Crippen LogP contribution in [0.3, 0.4) is 0 Å². The molecular formula is C28H20F4N6O2. The first-order chi connectivity index (χ1) is 19.1. The van der Waals surface area contributed by atoms with Crippen LogP contribution in [0.15, 0.2) is 60.8 Å². The van der Waals surface area contributed by atoms with Gasteiger partial charge >= 0.3 is 12.2 Å². The predicted molar refractivity (Wildman–Crippen MR) is 140 cm³/mol. The van der Waals surface area contributed by atoms with Crippen molar-refractivity contribution in [2.75, 3.05) is 28.6 Å². The van der Waals surface area contributed by atoms with Crippen molar-refractivity contribution in [2.24, 2.45) is 0 Å². The Morgan fingerprint density at radius 1 is 0.925 bits per heavy atom. The number of hydrogen-bond acceptors (Lipinski definition) is 6. The molecule has 2 amide bonds. The lowest BCUT2D eigenvalue weighted by Crippen LogP contribution is -2.20. The molecule has 4 aromatic rings. The summed E-state index contributed by atoms with van der Waals surface area (Å²) >= 11 is 0. The number of ketones is 1. The Bertz CT molecular complexity index is 1680. The summed E-state index contributed by atoms with van der Waals surface area (Å²) in [7, 11) is 0. The lowest BCUT2D eigenvalue weighted by molar-refractivity contribution is -0.137. The summed E-state index contributed by atoms with van der Waals surface area (Å²) in [6.07, 6.45) is -0.970. The van der Waals surface area contributed by atoms with Gasteiger partial charge in [-0.05, 0) is 67.4 Å². The molecule has 0 bridgehead atoms. The Balaban J connectivity index is 1.31. The highest BCUT2D eigenvalue weighted by atomic mass is 19.4. The van der Waals surface area contributed by atoms with Crippen LogP contribution in [0.5, 0.6) is 0 Å². The van der Waals surface area contributed by atoms with Gasteiger partial charge in [-0.15, -0.1) is 0 Å². The third-order valence-corrected chi connectivity index (χ3v) is 6.40. The highest BCUT2D eigenvalue weighted by molar-refractivity contribution is 6.10. The molecule has 202 valence electrons. The van der Waals surface area contributed by atoms with Crippen LogP contribution < -0.4 is 15.5 Å². The molecule has 0 atom stereocenters. The lowest BCUT2D eigenvalue weighted by Gasteiger charge is -2.16. The average molecular weight is 549 g/mol. The number of aromatic nitrogens is 2. The average Bonchev–Trinajstić information content (AvgIpc) is 3.47. The zero-order chi connectivity index (χ0) is 28.4. The third-order valence-electron chi connectivity index (χ3n) is 6.40. The molecule has 1 aliphatic rings. The molecular weight excluding hydrogens is 528 g/mol. The number of carbonyl (C=O) groups is 2. The maximum atomic E-state index is 14.9. The fourth-order valence-corrected chi connectivity index (χ4v) is 4.42. The van der Waals surface area contributed by atoms with Crippen molar-refractivity contribution in [1.29, 1.82) is 5.26 Å². The first-order valence-electron chi connectivity index (χ1n) is 12.2. The van der Waals surface area contributed by atoms with Crippen molar-refractivity contribution in [2.45, 2.75) is 19.0 Å². The van der Waals surface area contributed by atoms with Crippen molar-refractivity contribution < 1.29 is 27.2 Å². The first-order valence-corrected chi connectivity index (χ1v) is 12.2. The number of amides is 2. The molecule has 1 saturated heterocycles. The van der Waals surface area contributed by atoms with Gasteiger partial charge in [-0.2, -0.15) is 18.4 Å². The van der Waals surface area contributed by atoms with E-state index in [0.717, 1.165) is 44.1 Å². The highest BCUT2D eigenvalue weighted by Crippen LogP contribution is 2.33. The van der Waals surface area contributed by atoms with Crippen LogP contribution in [0.25, 0.3) is 11.0 Å². The molecule has 0 aliphatic carbocycles. The molecule has 1 aromatic heterocycles. The first kappa shape index (κ1) is 26.6. The molecule has 8 nitrogen and oxygen atoms in total. The standard InChI is InChI=1S/C28H20F4N6O2/c29-22-13-19(36-27(40)35-18-5-3-17(14-33)21(12-18)28(30,31)32)6-7-20(22)26(39)16-4-8-23-24(11-16)37-25(15-34-23)38-9-1-2-10-38/h3-8,11-13,15H,1-2,9-10H2,(H2,35,36,40). The highest BCUT2D eigenvalue weighted by Gasteiger charge is 2.34. The van der Waals surface area contributed by atoms with E-state index >= 15 is 0 Å². The maximum absolute atomic E-state index is 14.9. The Morgan fingerprint density at radius 3 is 2.30 bits per heavy atom. The molecule has 3 aromatic carbocycles. The van der Waals surface area contributed by atoms with Crippen molar-refractivity contribution >= 4 is 40.0 Å². The van der Waals surface area contributed by atoms with E-state index in [1.165, 1.54) is 24.3 Å². The molecule has 12 heteroatoms. The smallest absolute Gasteiger partial charge is 0.355 e. The fourth-order valence-electron chi connectivity index (χ4n) is 4.42. The summed E-state index contributed by atoms with van der Waals surface area (Å²) in [6, 6.07) is 11.3. The van der Waals surface area contributed by atoms with E-state index in [0.29, 0.717) is 22.9 Å². The monoisotopic (exact) mass is 548 g/mol. The zero-order valence-corrected chi connectivity index (χ0v) is 20.7. The van der Waals surface area contributed by atoms with E-state index in [1.54, 1.807) is 18.3 Å². The molecule has 0 radical (unpaired) electrons. The number of carbonyl (C=O) groups excluding carboxylic acids is 2. The van der Waals surface area contributed by atoms with Crippen LogP contribution in [0, 0.1) is 17.1 Å². The molecule has 40 heavy (non-hydrogen) atoms. The summed E-state index contributed by atoms with van der Waals surface area (Å²) in [6.45, 7) is 1.76. The predicted octanol–water partition coefficient (Wildman–Crippen LogP) is 6.13. The molecule has 0 spiro atoms. The number of nitrogens with one attached hydrogen (secondary N) is 2. The molecule has 1 aliphatic heterocycles. The zero-order valence-electron chi connectivity index (χ0n) is 20.7. The summed E-state index contributed by atoms with van der Waals surface area (Å²) < 4.78 is 54.4. The third kappa shape index (κ3) is 5.54. The largest absolute Gasteiger partial charge is 0.417 e. The van der Waals surface area contributed by atoms with Gasteiger partial charge in [0.25, 0.3) is 0 Å². The molecule has 2 heterocycles. The number of fused-ring (bicyclic) bond motifs is 1. The molecule has 5 rings (SSSR count). The van der Waals surface area contributed by atoms with Gasteiger partial charge < -0.3 is 15.5 Å². The number of hydrogen-bond donors (Lipinski definition) is 2. The van der Waals surface area contributed by atoms with Gasteiger partial charge in [-0.25, -0.2) is 14.2 Å². The van der Waals surface area contributed by atoms with Crippen LogP contribution in [0.4, 0.5) is 39.5 Å². The Morgan fingerprint density at radius 2 is 1.62 bits per heavy atom. The van der Waals surface area contributed by atoms with Gasteiger partial charge in [0, 0.05) is 30.0 Å². The van der Waals surface area contributed by atoms with Gasteiger partial charge in [-0.3, -0.25) is 9.78 Å². The topological polar surface area (TPSA) is 111 Å². The summed E-state index contributed by atoms with van der Waals surface area (Å²) in [5, 5.41) is 13.4. The second-order valence-corrected chi connectivity index (χ2v) is 9.10. The Labute approximate surface area is 225 Å². The molecule has 0 saturated carbocycles. The van der Waals surface area contributed by atoms with Gasteiger partial charge in [0.15, 0.2) is 5.78 Å². The summed E-state index contributed by atoms with van der Waals surface area (Å²) in [5.74, 6) is -0.788. The van der Waals surface area contributed by atoms with Crippen LogP contribution in [-0.4, -0.2) is 34.9 Å². The number of nitriles is 1. The Hall–Kier alpha value is -5.05. The second-order valence-electron chi connectivity index (χ2n) is 9.10. The summed E-state index contributed by atoms with van der Waals surface area (Å²) in [5.41, 5.74) is -0.980. The number of halogens is 4. The number of urea groups is 1. The SMILES string of the molecule is N#Cc1ccc(NC(=O)Nc2ccc(C(=O)c3ccc4ncc(N5CCCC5)nc4c3)c(F)c2)cc1C(F)(F)F. The molecule has 1 fully saturated rings. The van der Waals surface area contributed by atoms with E-state index in [9.17, 15) is 27.2 Å². The summed E-state index contributed by atoms with van der Waals surface area (Å²) in [4.78, 5) is 36.5. The minimum absolute atomic E-state index is 0.0316. The van der Waals surface area contributed by atoms with E-state index in [2.05, 4.69) is 25.5 Å². The van der Waals surface area contributed by atoms with Gasteiger partial charge in [-0.1, -0.05) is 0 Å². The lowest BCUT2D eigenvalue weighted by atomic mass is 10.0. The fraction of sp³-hybridized carbons (Fsp3) is 0.179. The van der Waals surface area contributed by atoms with Crippen molar-refractivity contribution in [3.63, 3.8) is 0 Å². The van der Waals surface area contributed by atoms with Gasteiger partial charge in [0.1, 0.15) is 11.6 Å². The molecule has 2 N–H and O–H groups in total. The normalized spacial score (nSPS) is 13.2. The minimum Gasteiger partial charge on any atom is -0.355 e. The number of anilines is 3. The van der Waals surface area contributed by atoms with E-state index < -0.39 is 34.9 Å². The van der Waals surface area contributed by atoms with Gasteiger partial charge in [0.05, 0.1) is 40.0 Å².